The zero-order valence-corrected chi connectivity index (χ0v) is 12.1. The third-order valence-electron chi connectivity index (χ3n) is 3.77. The van der Waals surface area contributed by atoms with Gasteiger partial charge in [0.15, 0.2) is 17.9 Å². The lowest BCUT2D eigenvalue weighted by Gasteiger charge is -2.10. The molecule has 1 heterocycles. The molecular formula is C19H20N+. The second kappa shape index (κ2) is 5.46. The number of benzene rings is 2. The van der Waals surface area contributed by atoms with Crippen molar-refractivity contribution in [2.24, 2.45) is 0 Å². The van der Waals surface area contributed by atoms with Crippen molar-refractivity contribution in [3.63, 3.8) is 0 Å². The van der Waals surface area contributed by atoms with Gasteiger partial charge in [-0.15, -0.1) is 0 Å². The van der Waals surface area contributed by atoms with Gasteiger partial charge >= 0.3 is 0 Å². The minimum Gasteiger partial charge on any atom is -0.199 e. The number of hydrogen-bond donors (Lipinski definition) is 0. The maximum atomic E-state index is 2.38. The lowest BCUT2D eigenvalue weighted by Crippen LogP contribution is -2.40. The maximum Gasteiger partial charge on any atom is 0.193 e. The average molecular weight is 262 g/mol. The molecule has 0 aliphatic rings. The first-order chi connectivity index (χ1) is 9.75. The molecule has 1 nitrogen and oxygen atoms in total. The van der Waals surface area contributed by atoms with E-state index < -0.39 is 0 Å². The summed E-state index contributed by atoms with van der Waals surface area (Å²) in [5, 5.41) is 2.67. The maximum absolute atomic E-state index is 2.38. The largest absolute Gasteiger partial charge is 0.199 e. The number of pyridine rings is 1. The van der Waals surface area contributed by atoms with Crippen LogP contribution in [0.25, 0.3) is 10.8 Å². The molecule has 3 rings (SSSR count). The zero-order chi connectivity index (χ0) is 13.9. The highest BCUT2D eigenvalue weighted by Crippen LogP contribution is 2.19. The fraction of sp³-hybridized carbons (Fsp3) is 0.211. The summed E-state index contributed by atoms with van der Waals surface area (Å²) >= 11 is 0. The van der Waals surface area contributed by atoms with Crippen molar-refractivity contribution in [1.82, 2.24) is 0 Å². The molecular weight excluding hydrogens is 242 g/mol. The lowest BCUT2D eigenvalue weighted by molar-refractivity contribution is -0.721. The quantitative estimate of drug-likeness (QED) is 0.620. The SMILES string of the molecule is CC(C)[n+]1ccc2ccccc2c1Cc1ccccc1. The van der Waals surface area contributed by atoms with E-state index in [-0.39, 0.29) is 0 Å². The standard InChI is InChI=1S/C19H20N/c1-15(2)20-13-12-17-10-6-7-11-18(17)19(20)14-16-8-4-3-5-9-16/h3-13,15H,14H2,1-2H3/q+1. The van der Waals surface area contributed by atoms with Crippen LogP contribution < -0.4 is 4.57 Å². The Morgan fingerprint density at radius 1 is 0.850 bits per heavy atom. The molecule has 20 heavy (non-hydrogen) atoms. The third-order valence-corrected chi connectivity index (χ3v) is 3.77. The topological polar surface area (TPSA) is 3.88 Å². The molecule has 3 aromatic rings. The Morgan fingerprint density at radius 2 is 1.55 bits per heavy atom. The van der Waals surface area contributed by atoms with E-state index in [1.165, 1.54) is 22.0 Å². The summed E-state index contributed by atoms with van der Waals surface area (Å²) in [6, 6.07) is 22.0. The van der Waals surface area contributed by atoms with Crippen molar-refractivity contribution in [2.75, 3.05) is 0 Å². The number of rotatable bonds is 3. The van der Waals surface area contributed by atoms with Gasteiger partial charge < -0.3 is 0 Å². The fourth-order valence-electron chi connectivity index (χ4n) is 2.75. The van der Waals surface area contributed by atoms with Gasteiger partial charge in [0.2, 0.25) is 0 Å². The first-order valence-electron chi connectivity index (χ1n) is 7.21. The van der Waals surface area contributed by atoms with Gasteiger partial charge in [-0.25, -0.2) is 0 Å². The Bertz CT molecular complexity index is 714. The van der Waals surface area contributed by atoms with Gasteiger partial charge in [-0.05, 0) is 30.9 Å². The van der Waals surface area contributed by atoms with Crippen LogP contribution in [0.15, 0.2) is 66.9 Å². The molecule has 0 aliphatic heterocycles. The van der Waals surface area contributed by atoms with Crippen molar-refractivity contribution in [3.05, 3.63) is 78.1 Å². The number of nitrogens with zero attached hydrogens (tertiary/aromatic N) is 1. The highest BCUT2D eigenvalue weighted by Gasteiger charge is 2.17. The van der Waals surface area contributed by atoms with E-state index in [1.807, 2.05) is 0 Å². The molecule has 0 N–H and O–H groups in total. The normalized spacial score (nSPS) is 11.2. The first kappa shape index (κ1) is 12.9. The van der Waals surface area contributed by atoms with Crippen LogP contribution >= 0.6 is 0 Å². The van der Waals surface area contributed by atoms with Crippen molar-refractivity contribution >= 4 is 10.8 Å². The predicted molar refractivity (Wildman–Crippen MR) is 83.8 cm³/mol. The molecule has 0 unspecified atom stereocenters. The predicted octanol–water partition coefficient (Wildman–Crippen LogP) is 4.30. The molecule has 2 aromatic carbocycles. The number of fused-ring (bicyclic) bond motifs is 1. The molecule has 0 radical (unpaired) electrons. The van der Waals surface area contributed by atoms with E-state index in [4.69, 9.17) is 0 Å². The molecule has 0 amide bonds. The average Bonchev–Trinajstić information content (AvgIpc) is 2.48. The summed E-state index contributed by atoms with van der Waals surface area (Å²) < 4.78 is 2.38. The van der Waals surface area contributed by atoms with Crippen LogP contribution in [0.5, 0.6) is 0 Å². The van der Waals surface area contributed by atoms with Gasteiger partial charge in [0, 0.05) is 11.5 Å². The van der Waals surface area contributed by atoms with Crippen molar-refractivity contribution in [3.8, 4) is 0 Å². The summed E-state index contributed by atoms with van der Waals surface area (Å²) in [6.07, 6.45) is 3.19. The van der Waals surface area contributed by atoms with Crippen LogP contribution in [0.2, 0.25) is 0 Å². The number of aromatic nitrogens is 1. The molecule has 0 bridgehead atoms. The van der Waals surface area contributed by atoms with Gasteiger partial charge in [0.1, 0.15) is 0 Å². The minimum atomic E-state index is 0.471. The van der Waals surface area contributed by atoms with Crippen molar-refractivity contribution in [1.29, 1.82) is 0 Å². The lowest BCUT2D eigenvalue weighted by atomic mass is 10.0. The van der Waals surface area contributed by atoms with E-state index in [2.05, 4.69) is 85.3 Å². The van der Waals surface area contributed by atoms with Gasteiger partial charge in [-0.2, -0.15) is 4.57 Å². The Morgan fingerprint density at radius 3 is 2.30 bits per heavy atom. The Hall–Kier alpha value is -2.15. The molecule has 0 atom stereocenters. The summed E-state index contributed by atoms with van der Waals surface area (Å²) in [5.74, 6) is 0. The molecule has 1 heteroatoms. The van der Waals surface area contributed by atoms with Crippen LogP contribution in [-0.4, -0.2) is 0 Å². The molecule has 100 valence electrons. The van der Waals surface area contributed by atoms with E-state index in [0.29, 0.717) is 6.04 Å². The molecule has 0 aliphatic carbocycles. The Balaban J connectivity index is 2.17. The highest BCUT2D eigenvalue weighted by molar-refractivity contribution is 5.83. The van der Waals surface area contributed by atoms with E-state index in [1.54, 1.807) is 0 Å². The zero-order valence-electron chi connectivity index (χ0n) is 12.1. The monoisotopic (exact) mass is 262 g/mol. The highest BCUT2D eigenvalue weighted by atomic mass is 15.0. The van der Waals surface area contributed by atoms with E-state index in [9.17, 15) is 0 Å². The van der Waals surface area contributed by atoms with Crippen LogP contribution in [0.3, 0.4) is 0 Å². The summed E-state index contributed by atoms with van der Waals surface area (Å²) in [5.41, 5.74) is 2.75. The van der Waals surface area contributed by atoms with Crippen LogP contribution in [0.4, 0.5) is 0 Å². The van der Waals surface area contributed by atoms with Crippen molar-refractivity contribution in [2.45, 2.75) is 26.3 Å². The first-order valence-corrected chi connectivity index (χ1v) is 7.21. The van der Waals surface area contributed by atoms with E-state index in [0.717, 1.165) is 6.42 Å². The van der Waals surface area contributed by atoms with Gasteiger partial charge in [-0.1, -0.05) is 48.5 Å². The van der Waals surface area contributed by atoms with Crippen LogP contribution in [0, 0.1) is 0 Å². The van der Waals surface area contributed by atoms with Crippen LogP contribution in [-0.2, 0) is 6.42 Å². The molecule has 1 aromatic heterocycles. The van der Waals surface area contributed by atoms with Gasteiger partial charge in [0.05, 0.1) is 6.42 Å². The second-order valence-corrected chi connectivity index (χ2v) is 5.51. The summed E-state index contributed by atoms with van der Waals surface area (Å²) in [6.45, 7) is 4.48. The van der Waals surface area contributed by atoms with Crippen molar-refractivity contribution < 1.29 is 4.57 Å². The molecule has 0 fully saturated rings. The molecule has 0 saturated carbocycles. The molecule has 0 saturated heterocycles. The second-order valence-electron chi connectivity index (χ2n) is 5.51. The van der Waals surface area contributed by atoms with Crippen LogP contribution in [0.1, 0.15) is 31.1 Å². The fourth-order valence-corrected chi connectivity index (χ4v) is 2.75. The summed E-state index contributed by atoms with van der Waals surface area (Å²) in [7, 11) is 0. The summed E-state index contributed by atoms with van der Waals surface area (Å²) in [4.78, 5) is 0. The Labute approximate surface area is 120 Å². The third kappa shape index (κ3) is 2.44. The molecule has 0 spiro atoms. The van der Waals surface area contributed by atoms with Gasteiger partial charge in [0.25, 0.3) is 0 Å². The number of hydrogen-bond acceptors (Lipinski definition) is 0. The van der Waals surface area contributed by atoms with Gasteiger partial charge in [-0.3, -0.25) is 0 Å². The smallest absolute Gasteiger partial charge is 0.193 e. The Kier molecular flexibility index (Phi) is 3.51. The minimum absolute atomic E-state index is 0.471. The van der Waals surface area contributed by atoms with E-state index >= 15 is 0 Å².